The minimum Gasteiger partial charge on any atom is -0.355 e. The van der Waals surface area contributed by atoms with Crippen molar-refractivity contribution in [1.29, 1.82) is 0 Å². The number of aromatic nitrogens is 1. The standard InChI is InChI=1S/C25H29N3O2/c1-17-8-10-19(11-9-17)23(28(2)3)16-26-25(29)22-15-24(30-27-22)21-13-12-18-6-4-5-7-20(18)14-21/h8-15,23H,4-7,16H2,1-3H3,(H,26,29). The van der Waals surface area contributed by atoms with Gasteiger partial charge in [0.25, 0.3) is 5.91 Å². The summed E-state index contributed by atoms with van der Waals surface area (Å²) in [5.41, 5.74) is 6.48. The Morgan fingerprint density at radius 1 is 1.07 bits per heavy atom. The maximum atomic E-state index is 12.7. The van der Waals surface area contributed by atoms with Crippen LogP contribution in [0.1, 0.15) is 51.6 Å². The third kappa shape index (κ3) is 4.46. The fraction of sp³-hybridized carbons (Fsp3) is 0.360. The molecule has 2 aromatic carbocycles. The number of benzene rings is 2. The van der Waals surface area contributed by atoms with Gasteiger partial charge in [-0.05, 0) is 69.5 Å². The van der Waals surface area contributed by atoms with E-state index in [0.717, 1.165) is 18.4 Å². The first-order valence-electron chi connectivity index (χ1n) is 10.6. The Balaban J connectivity index is 1.44. The van der Waals surface area contributed by atoms with Gasteiger partial charge in [0.15, 0.2) is 11.5 Å². The molecule has 0 fully saturated rings. The van der Waals surface area contributed by atoms with E-state index in [-0.39, 0.29) is 11.9 Å². The monoisotopic (exact) mass is 403 g/mol. The number of rotatable bonds is 6. The molecule has 0 aliphatic heterocycles. The van der Waals surface area contributed by atoms with Crippen molar-refractivity contribution in [2.24, 2.45) is 0 Å². The van der Waals surface area contributed by atoms with Gasteiger partial charge in [0, 0.05) is 18.2 Å². The van der Waals surface area contributed by atoms with Crippen molar-refractivity contribution in [3.05, 3.63) is 76.5 Å². The van der Waals surface area contributed by atoms with Gasteiger partial charge in [-0.1, -0.05) is 47.1 Å². The third-order valence-corrected chi connectivity index (χ3v) is 5.92. The lowest BCUT2D eigenvalue weighted by molar-refractivity contribution is 0.0933. The van der Waals surface area contributed by atoms with Gasteiger partial charge in [0.05, 0.1) is 6.04 Å². The van der Waals surface area contributed by atoms with Crippen molar-refractivity contribution in [2.45, 2.75) is 38.6 Å². The Morgan fingerprint density at radius 3 is 2.53 bits per heavy atom. The van der Waals surface area contributed by atoms with Crippen molar-refractivity contribution >= 4 is 5.91 Å². The Labute approximate surface area is 178 Å². The van der Waals surface area contributed by atoms with Gasteiger partial charge in [-0.3, -0.25) is 4.79 Å². The Kier molecular flexibility index (Phi) is 6.00. The number of nitrogens with zero attached hydrogens (tertiary/aromatic N) is 2. The SMILES string of the molecule is Cc1ccc(C(CNC(=O)c2cc(-c3ccc4c(c3)CCCC4)on2)N(C)C)cc1. The van der Waals surface area contributed by atoms with E-state index in [1.54, 1.807) is 6.07 Å². The number of aryl methyl sites for hydroxylation is 3. The van der Waals surface area contributed by atoms with E-state index in [9.17, 15) is 4.79 Å². The van der Waals surface area contributed by atoms with Crippen LogP contribution in [0.15, 0.2) is 53.1 Å². The zero-order valence-electron chi connectivity index (χ0n) is 17.9. The van der Waals surface area contributed by atoms with Crippen LogP contribution in [0.3, 0.4) is 0 Å². The molecule has 1 aromatic heterocycles. The summed E-state index contributed by atoms with van der Waals surface area (Å²) in [7, 11) is 4.03. The summed E-state index contributed by atoms with van der Waals surface area (Å²) in [6.45, 7) is 2.57. The van der Waals surface area contributed by atoms with Crippen molar-refractivity contribution in [1.82, 2.24) is 15.4 Å². The fourth-order valence-corrected chi connectivity index (χ4v) is 4.07. The zero-order valence-corrected chi connectivity index (χ0v) is 17.9. The molecule has 156 valence electrons. The lowest BCUT2D eigenvalue weighted by atomic mass is 9.90. The number of nitrogens with one attached hydrogen (secondary N) is 1. The summed E-state index contributed by atoms with van der Waals surface area (Å²) < 4.78 is 5.49. The smallest absolute Gasteiger partial charge is 0.273 e. The topological polar surface area (TPSA) is 58.4 Å². The van der Waals surface area contributed by atoms with Gasteiger partial charge >= 0.3 is 0 Å². The highest BCUT2D eigenvalue weighted by Gasteiger charge is 2.19. The van der Waals surface area contributed by atoms with Crippen LogP contribution in [-0.2, 0) is 12.8 Å². The van der Waals surface area contributed by atoms with Crippen LogP contribution in [0.25, 0.3) is 11.3 Å². The quantitative estimate of drug-likeness (QED) is 0.655. The highest BCUT2D eigenvalue weighted by Crippen LogP contribution is 2.28. The first-order valence-corrected chi connectivity index (χ1v) is 10.6. The molecule has 1 atom stereocenters. The van der Waals surface area contributed by atoms with Crippen LogP contribution >= 0.6 is 0 Å². The van der Waals surface area contributed by atoms with E-state index in [2.05, 4.69) is 64.8 Å². The second-order valence-electron chi connectivity index (χ2n) is 8.37. The number of amides is 1. The fourth-order valence-electron chi connectivity index (χ4n) is 4.07. The first kappa shape index (κ1) is 20.4. The molecule has 0 spiro atoms. The molecule has 1 amide bonds. The molecule has 1 aliphatic carbocycles. The van der Waals surface area contributed by atoms with Crippen LogP contribution < -0.4 is 5.32 Å². The highest BCUT2D eigenvalue weighted by molar-refractivity contribution is 5.93. The van der Waals surface area contributed by atoms with Gasteiger partial charge in [0.1, 0.15) is 0 Å². The molecule has 5 nitrogen and oxygen atoms in total. The van der Waals surface area contributed by atoms with Gasteiger partial charge < -0.3 is 14.7 Å². The third-order valence-electron chi connectivity index (χ3n) is 5.92. The van der Waals surface area contributed by atoms with Gasteiger partial charge in [0.2, 0.25) is 0 Å². The van der Waals surface area contributed by atoms with E-state index >= 15 is 0 Å². The van der Waals surface area contributed by atoms with E-state index in [1.807, 2.05) is 14.1 Å². The Hall–Kier alpha value is -2.92. The van der Waals surface area contributed by atoms with Crippen LogP contribution in [0.5, 0.6) is 0 Å². The summed E-state index contributed by atoms with van der Waals surface area (Å²) in [4.78, 5) is 14.8. The van der Waals surface area contributed by atoms with Crippen molar-refractivity contribution < 1.29 is 9.32 Å². The normalized spacial score (nSPS) is 14.4. The molecule has 4 rings (SSSR count). The van der Waals surface area contributed by atoms with Gasteiger partial charge in [-0.2, -0.15) is 0 Å². The number of hydrogen-bond donors (Lipinski definition) is 1. The number of fused-ring (bicyclic) bond motifs is 1. The molecule has 3 aromatic rings. The molecule has 5 heteroatoms. The van der Waals surface area contributed by atoms with Crippen LogP contribution in [0.2, 0.25) is 0 Å². The molecule has 0 saturated heterocycles. The second kappa shape index (κ2) is 8.84. The molecule has 1 aliphatic rings. The minimum atomic E-state index is -0.220. The molecular weight excluding hydrogens is 374 g/mol. The molecule has 0 radical (unpaired) electrons. The number of carbonyl (C=O) groups is 1. The highest BCUT2D eigenvalue weighted by atomic mass is 16.5. The van der Waals surface area contributed by atoms with Crippen molar-refractivity contribution in [2.75, 3.05) is 20.6 Å². The van der Waals surface area contributed by atoms with E-state index in [0.29, 0.717) is 18.0 Å². The Morgan fingerprint density at radius 2 is 1.80 bits per heavy atom. The molecule has 1 N–H and O–H groups in total. The lowest BCUT2D eigenvalue weighted by Crippen LogP contribution is -2.34. The van der Waals surface area contributed by atoms with Crippen molar-refractivity contribution in [3.63, 3.8) is 0 Å². The lowest BCUT2D eigenvalue weighted by Gasteiger charge is -2.25. The van der Waals surface area contributed by atoms with E-state index < -0.39 is 0 Å². The average molecular weight is 404 g/mol. The summed E-state index contributed by atoms with van der Waals surface area (Å²) in [6.07, 6.45) is 4.74. The molecule has 0 bridgehead atoms. The van der Waals surface area contributed by atoms with Crippen LogP contribution in [0, 0.1) is 6.92 Å². The predicted octanol–water partition coefficient (Wildman–Crippen LogP) is 4.56. The summed E-state index contributed by atoms with van der Waals surface area (Å²) in [6, 6.07) is 16.6. The van der Waals surface area contributed by atoms with Crippen LogP contribution in [-0.4, -0.2) is 36.6 Å². The molecule has 1 unspecified atom stereocenters. The molecule has 1 heterocycles. The van der Waals surface area contributed by atoms with Crippen LogP contribution in [0.4, 0.5) is 0 Å². The summed E-state index contributed by atoms with van der Waals surface area (Å²) in [5.74, 6) is 0.415. The maximum absolute atomic E-state index is 12.7. The first-order chi connectivity index (χ1) is 14.5. The second-order valence-corrected chi connectivity index (χ2v) is 8.37. The van der Waals surface area contributed by atoms with Gasteiger partial charge in [-0.25, -0.2) is 0 Å². The number of hydrogen-bond acceptors (Lipinski definition) is 4. The number of likely N-dealkylation sites (N-methyl/N-ethyl adjacent to an activating group) is 1. The summed E-state index contributed by atoms with van der Waals surface area (Å²) >= 11 is 0. The van der Waals surface area contributed by atoms with E-state index in [1.165, 1.54) is 35.1 Å². The maximum Gasteiger partial charge on any atom is 0.273 e. The van der Waals surface area contributed by atoms with E-state index in [4.69, 9.17) is 4.52 Å². The van der Waals surface area contributed by atoms with Gasteiger partial charge in [-0.15, -0.1) is 0 Å². The predicted molar refractivity (Wildman–Crippen MR) is 119 cm³/mol. The minimum absolute atomic E-state index is 0.0848. The molecule has 0 saturated carbocycles. The summed E-state index contributed by atoms with van der Waals surface area (Å²) in [5, 5.41) is 7.02. The Bertz CT molecular complexity index is 1020. The number of carbonyl (C=O) groups excluding carboxylic acids is 1. The molecular formula is C25H29N3O2. The zero-order chi connectivity index (χ0) is 21.1. The molecule has 30 heavy (non-hydrogen) atoms. The average Bonchev–Trinajstić information content (AvgIpc) is 3.25. The van der Waals surface area contributed by atoms with Crippen molar-refractivity contribution in [3.8, 4) is 11.3 Å². The largest absolute Gasteiger partial charge is 0.355 e.